The number of nitriles is 1. The fourth-order valence-corrected chi connectivity index (χ4v) is 8.10. The van der Waals surface area contributed by atoms with Crippen molar-refractivity contribution >= 4 is 55.6 Å². The van der Waals surface area contributed by atoms with Gasteiger partial charge < -0.3 is 5.32 Å². The number of carbonyl (C=O) groups excluding carboxylic acids is 1. The van der Waals surface area contributed by atoms with E-state index >= 15 is 0 Å². The average Bonchev–Trinajstić information content (AvgIpc) is 3.19. The number of hydrogen-bond donors (Lipinski definition) is 1. The van der Waals surface area contributed by atoms with E-state index in [4.69, 9.17) is 0 Å². The van der Waals surface area contributed by atoms with E-state index in [9.17, 15) is 10.1 Å². The van der Waals surface area contributed by atoms with Gasteiger partial charge in [0.05, 0.1) is 11.3 Å². The highest BCUT2D eigenvalue weighted by Gasteiger charge is 2.24. The molecule has 1 unspecified atom stereocenters. The Kier molecular flexibility index (Phi) is 6.00. The molecule has 3 aromatic rings. The highest BCUT2D eigenvalue weighted by molar-refractivity contribution is 8.00. The van der Waals surface area contributed by atoms with Crippen LogP contribution in [0.4, 0.5) is 5.00 Å². The third-order valence-electron chi connectivity index (χ3n) is 6.18. The number of aryl methyl sites for hydroxylation is 2. The third-order valence-corrected chi connectivity index (χ3v) is 9.54. The summed E-state index contributed by atoms with van der Waals surface area (Å²) in [6.07, 6.45) is 10.4. The predicted molar refractivity (Wildman–Crippen MR) is 128 cm³/mol. The van der Waals surface area contributed by atoms with E-state index in [-0.39, 0.29) is 11.7 Å². The first-order valence-electron chi connectivity index (χ1n) is 10.9. The van der Waals surface area contributed by atoms with Crippen molar-refractivity contribution in [3.05, 3.63) is 32.8 Å². The van der Waals surface area contributed by atoms with Crippen LogP contribution in [0, 0.1) is 17.2 Å². The molecule has 0 spiro atoms. The van der Waals surface area contributed by atoms with E-state index in [0.29, 0.717) is 11.5 Å². The van der Waals surface area contributed by atoms with Crippen molar-refractivity contribution in [2.45, 2.75) is 63.3 Å². The van der Waals surface area contributed by atoms with Crippen LogP contribution in [0.2, 0.25) is 0 Å². The Morgan fingerprint density at radius 3 is 2.94 bits per heavy atom. The van der Waals surface area contributed by atoms with E-state index in [2.05, 4.69) is 28.3 Å². The summed E-state index contributed by atoms with van der Waals surface area (Å²) in [5.74, 6) is 0.911. The summed E-state index contributed by atoms with van der Waals surface area (Å²) in [6.45, 7) is 2.30. The maximum absolute atomic E-state index is 12.8. The van der Waals surface area contributed by atoms with Crippen LogP contribution >= 0.6 is 34.4 Å². The third kappa shape index (κ3) is 4.11. The smallest absolute Gasteiger partial charge is 0.235 e. The van der Waals surface area contributed by atoms with Crippen LogP contribution in [-0.4, -0.2) is 21.6 Å². The van der Waals surface area contributed by atoms with Gasteiger partial charge in [-0.05, 0) is 62.0 Å². The van der Waals surface area contributed by atoms with Gasteiger partial charge in [-0.2, -0.15) is 5.26 Å². The normalized spacial score (nSPS) is 18.1. The Morgan fingerprint density at radius 2 is 2.06 bits per heavy atom. The number of aromatic nitrogens is 2. The number of anilines is 1. The summed E-state index contributed by atoms with van der Waals surface area (Å²) in [4.78, 5) is 25.5. The minimum Gasteiger partial charge on any atom is -0.316 e. The van der Waals surface area contributed by atoms with Crippen LogP contribution in [0.15, 0.2) is 11.4 Å². The lowest BCUT2D eigenvalue weighted by atomic mass is 9.89. The van der Waals surface area contributed by atoms with Crippen molar-refractivity contribution in [3.63, 3.8) is 0 Å². The fourth-order valence-electron chi connectivity index (χ4n) is 4.60. The first-order chi connectivity index (χ1) is 15.1. The molecule has 5 rings (SSSR count). The molecular weight excluding hydrogens is 444 g/mol. The zero-order valence-electron chi connectivity index (χ0n) is 17.5. The molecule has 0 fully saturated rings. The van der Waals surface area contributed by atoms with Gasteiger partial charge in [-0.3, -0.25) is 4.79 Å². The summed E-state index contributed by atoms with van der Waals surface area (Å²) in [5, 5.41) is 15.5. The Hall–Kier alpha value is -1.95. The fraction of sp³-hybridized carbons (Fsp3) is 0.478. The summed E-state index contributed by atoms with van der Waals surface area (Å²) in [5.41, 5.74) is 3.21. The molecule has 1 N–H and O–H groups in total. The molecule has 0 aromatic carbocycles. The van der Waals surface area contributed by atoms with Gasteiger partial charge in [0.15, 0.2) is 0 Å². The van der Waals surface area contributed by atoms with Gasteiger partial charge in [-0.25, -0.2) is 9.97 Å². The summed E-state index contributed by atoms with van der Waals surface area (Å²) in [6, 6.07) is 2.34. The van der Waals surface area contributed by atoms with E-state index < -0.39 is 0 Å². The summed E-state index contributed by atoms with van der Waals surface area (Å²) >= 11 is 4.83. The Bertz CT molecular complexity index is 1190. The molecule has 8 heteroatoms. The second-order valence-electron chi connectivity index (χ2n) is 8.43. The van der Waals surface area contributed by atoms with E-state index in [1.54, 1.807) is 29.0 Å². The Balaban J connectivity index is 1.33. The number of thiophene rings is 2. The van der Waals surface area contributed by atoms with Crippen molar-refractivity contribution in [1.82, 2.24) is 9.97 Å². The second-order valence-corrected chi connectivity index (χ2v) is 11.6. The number of fused-ring (bicyclic) bond motifs is 4. The molecule has 0 saturated heterocycles. The summed E-state index contributed by atoms with van der Waals surface area (Å²) in [7, 11) is 0. The molecule has 3 aromatic heterocycles. The highest BCUT2D eigenvalue weighted by Crippen LogP contribution is 2.41. The molecule has 160 valence electrons. The van der Waals surface area contributed by atoms with Gasteiger partial charge in [0.2, 0.25) is 5.91 Å². The molecule has 31 heavy (non-hydrogen) atoms. The molecule has 2 aliphatic rings. The van der Waals surface area contributed by atoms with Crippen molar-refractivity contribution in [2.24, 2.45) is 5.92 Å². The molecule has 3 heterocycles. The van der Waals surface area contributed by atoms with Crippen LogP contribution in [0.1, 0.15) is 59.1 Å². The van der Waals surface area contributed by atoms with Gasteiger partial charge >= 0.3 is 0 Å². The molecule has 1 amide bonds. The molecule has 1 atom stereocenters. The van der Waals surface area contributed by atoms with Gasteiger partial charge in [-0.1, -0.05) is 25.1 Å². The van der Waals surface area contributed by atoms with Crippen LogP contribution in [0.5, 0.6) is 0 Å². The van der Waals surface area contributed by atoms with Gasteiger partial charge in [0.25, 0.3) is 0 Å². The predicted octanol–water partition coefficient (Wildman–Crippen LogP) is 5.75. The minimum atomic E-state index is -0.0811. The standard InChI is InChI=1S/C23H24N4OS3/c1-13-7-8-15-18(9-13)31-23-20(15)22(25-12-26-23)29-11-19(28)27-21-16(10-24)14-5-3-2-4-6-17(14)30-21/h12-13H,2-9,11H2,1H3,(H,27,28). The number of nitrogens with one attached hydrogen (secondary N) is 1. The van der Waals surface area contributed by atoms with Crippen LogP contribution in [0.25, 0.3) is 10.2 Å². The van der Waals surface area contributed by atoms with Gasteiger partial charge in [-0.15, -0.1) is 22.7 Å². The Morgan fingerprint density at radius 1 is 1.19 bits per heavy atom. The molecule has 5 nitrogen and oxygen atoms in total. The van der Waals surface area contributed by atoms with Crippen molar-refractivity contribution in [2.75, 3.05) is 11.1 Å². The zero-order chi connectivity index (χ0) is 21.4. The van der Waals surface area contributed by atoms with E-state index in [0.717, 1.165) is 64.3 Å². The van der Waals surface area contributed by atoms with Crippen LogP contribution < -0.4 is 5.32 Å². The molecule has 0 saturated carbocycles. The van der Waals surface area contributed by atoms with Crippen molar-refractivity contribution < 1.29 is 4.79 Å². The number of amides is 1. The lowest BCUT2D eigenvalue weighted by Gasteiger charge is -2.18. The number of carbonyl (C=O) groups is 1. The lowest BCUT2D eigenvalue weighted by molar-refractivity contribution is -0.113. The Labute approximate surface area is 194 Å². The highest BCUT2D eigenvalue weighted by atomic mass is 32.2. The zero-order valence-corrected chi connectivity index (χ0v) is 19.9. The molecule has 0 bridgehead atoms. The van der Waals surface area contributed by atoms with E-state index in [1.807, 2.05) is 0 Å². The maximum atomic E-state index is 12.8. The lowest BCUT2D eigenvalue weighted by Crippen LogP contribution is -2.14. The number of rotatable bonds is 4. The SMILES string of the molecule is CC1CCc2c(sc3ncnc(SCC(=O)Nc4sc5c(c4C#N)CCCCC5)c23)C1. The largest absolute Gasteiger partial charge is 0.316 e. The maximum Gasteiger partial charge on any atom is 0.235 e. The van der Waals surface area contributed by atoms with Crippen LogP contribution in [-0.2, 0) is 30.5 Å². The van der Waals surface area contributed by atoms with Crippen molar-refractivity contribution in [1.29, 1.82) is 5.26 Å². The topological polar surface area (TPSA) is 78.7 Å². The first-order valence-corrected chi connectivity index (χ1v) is 13.5. The van der Waals surface area contributed by atoms with Gasteiger partial charge in [0.1, 0.15) is 27.3 Å². The minimum absolute atomic E-state index is 0.0811. The number of nitrogens with zero attached hydrogens (tertiary/aromatic N) is 3. The molecule has 0 aliphatic heterocycles. The second kappa shape index (κ2) is 8.89. The quantitative estimate of drug-likeness (QED) is 0.300. The van der Waals surface area contributed by atoms with Gasteiger partial charge in [0, 0.05) is 15.1 Å². The monoisotopic (exact) mass is 468 g/mol. The summed E-state index contributed by atoms with van der Waals surface area (Å²) < 4.78 is 0. The molecule has 0 radical (unpaired) electrons. The van der Waals surface area contributed by atoms with Crippen molar-refractivity contribution in [3.8, 4) is 6.07 Å². The average molecular weight is 469 g/mol. The van der Waals surface area contributed by atoms with Crippen LogP contribution in [0.3, 0.4) is 0 Å². The van der Waals surface area contributed by atoms with E-state index in [1.165, 1.54) is 39.9 Å². The molecular formula is C23H24N4OS3. The number of hydrogen-bond acceptors (Lipinski definition) is 7. The number of thioether (sulfide) groups is 1. The molecule has 2 aliphatic carbocycles. The first kappa shape index (κ1) is 20.9.